The standard InChI is InChI=1S/C23H14F2N2OS2/c24-23(25)30-19-9-6-16(7-10-19)21-11-8-18(28-21)12-17(13-26)22-27-20(14-29-22)15-4-2-1-3-5-15/h1-12,14,23H/b17-12+. The lowest BCUT2D eigenvalue weighted by molar-refractivity contribution is 0.252. The van der Waals surface area contributed by atoms with Crippen molar-refractivity contribution in [3.63, 3.8) is 0 Å². The van der Waals surface area contributed by atoms with Crippen LogP contribution >= 0.6 is 23.1 Å². The lowest BCUT2D eigenvalue weighted by Gasteiger charge is -2.01. The summed E-state index contributed by atoms with van der Waals surface area (Å²) in [4.78, 5) is 5.06. The van der Waals surface area contributed by atoms with E-state index >= 15 is 0 Å². The van der Waals surface area contributed by atoms with Crippen molar-refractivity contribution in [1.29, 1.82) is 5.26 Å². The summed E-state index contributed by atoms with van der Waals surface area (Å²) in [5.74, 6) is -1.34. The van der Waals surface area contributed by atoms with Crippen molar-refractivity contribution in [2.24, 2.45) is 0 Å². The molecule has 2 heterocycles. The fraction of sp³-hybridized carbons (Fsp3) is 0.0435. The van der Waals surface area contributed by atoms with Gasteiger partial charge in [-0.3, -0.25) is 0 Å². The van der Waals surface area contributed by atoms with Crippen molar-refractivity contribution in [2.45, 2.75) is 10.7 Å². The molecule has 0 aliphatic heterocycles. The Morgan fingerprint density at radius 1 is 1.03 bits per heavy atom. The number of halogens is 2. The molecular weight excluding hydrogens is 422 g/mol. The molecule has 0 amide bonds. The van der Waals surface area contributed by atoms with Crippen LogP contribution in [-0.4, -0.2) is 10.7 Å². The van der Waals surface area contributed by atoms with Crippen LogP contribution in [0.3, 0.4) is 0 Å². The molecule has 0 aliphatic rings. The Bertz CT molecular complexity index is 1210. The molecule has 0 spiro atoms. The smallest absolute Gasteiger partial charge is 0.288 e. The highest BCUT2D eigenvalue weighted by atomic mass is 32.2. The first-order valence-electron chi connectivity index (χ1n) is 8.90. The van der Waals surface area contributed by atoms with Crippen molar-refractivity contribution in [2.75, 3.05) is 0 Å². The van der Waals surface area contributed by atoms with Gasteiger partial charge >= 0.3 is 0 Å². The van der Waals surface area contributed by atoms with Gasteiger partial charge in [-0.15, -0.1) is 11.3 Å². The number of nitriles is 1. The highest BCUT2D eigenvalue weighted by Gasteiger charge is 2.11. The Balaban J connectivity index is 1.55. The average molecular weight is 437 g/mol. The van der Waals surface area contributed by atoms with Crippen molar-refractivity contribution in [1.82, 2.24) is 4.98 Å². The third-order valence-corrected chi connectivity index (χ3v) is 5.80. The van der Waals surface area contributed by atoms with Crippen molar-refractivity contribution < 1.29 is 13.2 Å². The van der Waals surface area contributed by atoms with Crippen molar-refractivity contribution in [3.05, 3.63) is 82.9 Å². The summed E-state index contributed by atoms with van der Waals surface area (Å²) in [6.07, 6.45) is 1.65. The zero-order valence-corrected chi connectivity index (χ0v) is 17.1. The summed E-state index contributed by atoms with van der Waals surface area (Å²) < 4.78 is 30.7. The van der Waals surface area contributed by atoms with E-state index in [0.717, 1.165) is 16.8 Å². The maximum Gasteiger partial charge on any atom is 0.288 e. The second kappa shape index (κ2) is 9.08. The van der Waals surface area contributed by atoms with Gasteiger partial charge in [0.05, 0.1) is 11.3 Å². The number of hydrogen-bond acceptors (Lipinski definition) is 5. The number of alkyl halides is 2. The normalized spacial score (nSPS) is 11.6. The zero-order chi connectivity index (χ0) is 20.9. The molecule has 0 saturated carbocycles. The van der Waals surface area contributed by atoms with Crippen molar-refractivity contribution in [3.8, 4) is 28.7 Å². The monoisotopic (exact) mass is 436 g/mol. The summed E-state index contributed by atoms with van der Waals surface area (Å²) in [5, 5.41) is 12.1. The molecule has 0 saturated heterocycles. The maximum atomic E-state index is 12.4. The van der Waals surface area contributed by atoms with Gasteiger partial charge in [-0.2, -0.15) is 14.0 Å². The number of aromatic nitrogens is 1. The van der Waals surface area contributed by atoms with Crippen LogP contribution in [0.2, 0.25) is 0 Å². The quantitative estimate of drug-likeness (QED) is 0.233. The van der Waals surface area contributed by atoms with Gasteiger partial charge in [0.1, 0.15) is 22.6 Å². The largest absolute Gasteiger partial charge is 0.457 e. The van der Waals surface area contributed by atoms with Crippen LogP contribution in [0.25, 0.3) is 34.2 Å². The van der Waals surface area contributed by atoms with E-state index in [1.807, 2.05) is 35.7 Å². The van der Waals surface area contributed by atoms with Crippen molar-refractivity contribution >= 4 is 34.7 Å². The Kier molecular flexibility index (Phi) is 6.07. The van der Waals surface area contributed by atoms with Crippen LogP contribution in [0.1, 0.15) is 10.8 Å². The van der Waals surface area contributed by atoms with E-state index in [4.69, 9.17) is 4.42 Å². The second-order valence-electron chi connectivity index (χ2n) is 6.18. The highest BCUT2D eigenvalue weighted by Crippen LogP contribution is 2.31. The van der Waals surface area contributed by atoms with E-state index in [9.17, 15) is 14.0 Å². The number of benzene rings is 2. The molecule has 2 aromatic heterocycles. The predicted molar refractivity (Wildman–Crippen MR) is 117 cm³/mol. The van der Waals surface area contributed by atoms with E-state index in [1.54, 1.807) is 42.5 Å². The molecule has 0 atom stereocenters. The Labute approximate surface area is 180 Å². The van der Waals surface area contributed by atoms with Gasteiger partial charge in [0.15, 0.2) is 0 Å². The Morgan fingerprint density at radius 2 is 1.80 bits per heavy atom. The Morgan fingerprint density at radius 3 is 2.50 bits per heavy atom. The minimum absolute atomic E-state index is 0.409. The molecule has 2 aromatic carbocycles. The zero-order valence-electron chi connectivity index (χ0n) is 15.5. The fourth-order valence-electron chi connectivity index (χ4n) is 2.81. The molecule has 0 fully saturated rings. The minimum atomic E-state index is -2.45. The van der Waals surface area contributed by atoms with Gasteiger partial charge in [-0.25, -0.2) is 4.98 Å². The molecule has 0 unspecified atom stereocenters. The summed E-state index contributed by atoms with van der Waals surface area (Å²) in [5.41, 5.74) is 2.99. The van der Waals surface area contributed by atoms with Crippen LogP contribution in [0.5, 0.6) is 0 Å². The van der Waals surface area contributed by atoms with Gasteiger partial charge in [0.25, 0.3) is 5.76 Å². The molecule has 4 aromatic rings. The van der Waals surface area contributed by atoms with Gasteiger partial charge < -0.3 is 4.42 Å². The molecule has 4 rings (SSSR count). The van der Waals surface area contributed by atoms with Crippen LogP contribution in [0.15, 0.2) is 81.4 Å². The average Bonchev–Trinajstić information content (AvgIpc) is 3.43. The number of thiazole rings is 1. The number of rotatable bonds is 6. The van der Waals surface area contributed by atoms with Gasteiger partial charge in [-0.1, -0.05) is 54.2 Å². The van der Waals surface area contributed by atoms with Crippen LogP contribution in [0, 0.1) is 11.3 Å². The second-order valence-corrected chi connectivity index (χ2v) is 8.10. The number of allylic oxidation sites excluding steroid dienone is 1. The third-order valence-electron chi connectivity index (χ3n) is 4.20. The SMILES string of the molecule is N#C/C(=C\c1ccc(-c2ccc(SC(F)F)cc2)o1)c1nc(-c2ccccc2)cs1. The van der Waals surface area contributed by atoms with Gasteiger partial charge in [0.2, 0.25) is 0 Å². The molecule has 0 radical (unpaired) electrons. The summed E-state index contributed by atoms with van der Waals surface area (Å²) >= 11 is 1.90. The number of hydrogen-bond donors (Lipinski definition) is 0. The van der Waals surface area contributed by atoms with Crippen LogP contribution in [-0.2, 0) is 0 Å². The highest BCUT2D eigenvalue weighted by molar-refractivity contribution is 7.99. The molecule has 3 nitrogen and oxygen atoms in total. The van der Waals surface area contributed by atoms with E-state index in [2.05, 4.69) is 11.1 Å². The molecule has 7 heteroatoms. The maximum absolute atomic E-state index is 12.4. The summed E-state index contributed by atoms with van der Waals surface area (Å²) in [6.45, 7) is 0. The Hall–Kier alpha value is -3.21. The lowest BCUT2D eigenvalue weighted by atomic mass is 10.2. The minimum Gasteiger partial charge on any atom is -0.457 e. The molecule has 30 heavy (non-hydrogen) atoms. The summed E-state index contributed by atoms with van der Waals surface area (Å²) in [7, 11) is 0. The number of thioether (sulfide) groups is 1. The molecule has 0 bridgehead atoms. The van der Waals surface area contributed by atoms with E-state index < -0.39 is 5.76 Å². The van der Waals surface area contributed by atoms with E-state index in [0.29, 0.717) is 38.8 Å². The van der Waals surface area contributed by atoms with E-state index in [1.165, 1.54) is 11.3 Å². The van der Waals surface area contributed by atoms with Crippen LogP contribution in [0.4, 0.5) is 8.78 Å². The molecular formula is C23H14F2N2OS2. The lowest BCUT2D eigenvalue weighted by Crippen LogP contribution is -1.82. The molecule has 148 valence electrons. The molecule has 0 aliphatic carbocycles. The fourth-order valence-corrected chi connectivity index (χ4v) is 4.10. The van der Waals surface area contributed by atoms with E-state index in [-0.39, 0.29) is 0 Å². The number of furan rings is 1. The van der Waals surface area contributed by atoms with Gasteiger partial charge in [0, 0.05) is 27.5 Å². The first-order valence-corrected chi connectivity index (χ1v) is 10.7. The third kappa shape index (κ3) is 4.67. The first-order chi connectivity index (χ1) is 14.6. The number of nitrogens with zero attached hydrogens (tertiary/aromatic N) is 2. The molecule has 0 N–H and O–H groups in total. The topological polar surface area (TPSA) is 49.8 Å². The van der Waals surface area contributed by atoms with Crippen LogP contribution < -0.4 is 0 Å². The first kappa shape index (κ1) is 20.1. The predicted octanol–water partition coefficient (Wildman–Crippen LogP) is 7.45. The summed E-state index contributed by atoms with van der Waals surface area (Å²) in [6, 6.07) is 22.2. The van der Waals surface area contributed by atoms with Gasteiger partial charge in [-0.05, 0) is 24.3 Å².